The number of carbonyl (C=O) groups excluding carboxylic acids is 1. The number of nitrogens with zero attached hydrogens (tertiary/aromatic N) is 1. The van der Waals surface area contributed by atoms with Crippen molar-refractivity contribution >= 4 is 36.4 Å². The van der Waals surface area contributed by atoms with E-state index in [1.54, 1.807) is 6.92 Å². The van der Waals surface area contributed by atoms with E-state index < -0.39 is 0 Å². The summed E-state index contributed by atoms with van der Waals surface area (Å²) in [5.74, 6) is 0.761. The first-order chi connectivity index (χ1) is 11.2. The molecule has 2 N–H and O–H groups in total. The van der Waals surface area contributed by atoms with Gasteiger partial charge in [-0.05, 0) is 36.5 Å². The topological polar surface area (TPSA) is 44.4 Å². The Kier molecular flexibility index (Phi) is 9.80. The van der Waals surface area contributed by atoms with E-state index >= 15 is 0 Å². The summed E-state index contributed by atoms with van der Waals surface area (Å²) < 4.78 is 0. The lowest BCUT2D eigenvalue weighted by molar-refractivity contribution is -0.114. The van der Waals surface area contributed by atoms with Gasteiger partial charge in [0.1, 0.15) is 0 Å². The van der Waals surface area contributed by atoms with Crippen LogP contribution in [0.5, 0.6) is 0 Å². The molecule has 0 bridgehead atoms. The van der Waals surface area contributed by atoms with Gasteiger partial charge in [-0.25, -0.2) is 0 Å². The lowest BCUT2D eigenvalue weighted by Gasteiger charge is -2.41. The highest BCUT2D eigenvalue weighted by Crippen LogP contribution is 2.38. The summed E-state index contributed by atoms with van der Waals surface area (Å²) >= 11 is 0. The van der Waals surface area contributed by atoms with Gasteiger partial charge in [-0.2, -0.15) is 0 Å². The maximum Gasteiger partial charge on any atom is 0.221 e. The molecule has 1 aliphatic heterocycles. The van der Waals surface area contributed by atoms with Crippen molar-refractivity contribution in [1.82, 2.24) is 10.2 Å². The number of piperazine rings is 1. The Morgan fingerprint density at radius 1 is 1.08 bits per heavy atom. The molecule has 2 fully saturated rings. The molecule has 3 rings (SSSR count). The molecule has 1 saturated carbocycles. The smallest absolute Gasteiger partial charge is 0.221 e. The number of carbonyl (C=O) groups is 1. The van der Waals surface area contributed by atoms with Gasteiger partial charge >= 0.3 is 0 Å². The number of nitrogens with one attached hydrogen (secondary N) is 2. The van der Waals surface area contributed by atoms with Crippen molar-refractivity contribution in [3.8, 4) is 0 Å². The summed E-state index contributed by atoms with van der Waals surface area (Å²) in [6.45, 7) is 6.00. The number of hydrogen-bond acceptors (Lipinski definition) is 3. The van der Waals surface area contributed by atoms with Crippen LogP contribution >= 0.6 is 24.8 Å². The second kappa shape index (κ2) is 11.0. The summed E-state index contributed by atoms with van der Waals surface area (Å²) in [5.41, 5.74) is 2.30. The lowest BCUT2D eigenvalue weighted by Crippen LogP contribution is -2.47. The Morgan fingerprint density at radius 2 is 1.68 bits per heavy atom. The van der Waals surface area contributed by atoms with Crippen LogP contribution < -0.4 is 10.6 Å². The summed E-state index contributed by atoms with van der Waals surface area (Å²) in [5, 5.41) is 6.33. The van der Waals surface area contributed by atoms with Crippen LogP contribution in [-0.2, 0) is 4.79 Å². The highest BCUT2D eigenvalue weighted by Gasteiger charge is 2.30. The van der Waals surface area contributed by atoms with Crippen molar-refractivity contribution in [3.63, 3.8) is 0 Å². The van der Waals surface area contributed by atoms with Crippen LogP contribution in [0.15, 0.2) is 24.3 Å². The molecule has 0 unspecified atom stereocenters. The maximum atomic E-state index is 11.2. The zero-order valence-corrected chi connectivity index (χ0v) is 16.6. The van der Waals surface area contributed by atoms with E-state index in [9.17, 15) is 4.79 Å². The van der Waals surface area contributed by atoms with Gasteiger partial charge in [-0.1, -0.05) is 31.4 Å². The van der Waals surface area contributed by atoms with Gasteiger partial charge < -0.3 is 10.6 Å². The Labute approximate surface area is 163 Å². The first-order valence-corrected chi connectivity index (χ1v) is 9.06. The fourth-order valence-corrected chi connectivity index (χ4v) is 4.16. The third-order valence-corrected chi connectivity index (χ3v) is 5.21. The molecule has 1 amide bonds. The highest BCUT2D eigenvalue weighted by atomic mass is 35.5. The summed E-state index contributed by atoms with van der Waals surface area (Å²) in [6.07, 6.45) is 6.84. The Bertz CT molecular complexity index is 494. The Morgan fingerprint density at radius 3 is 2.24 bits per heavy atom. The molecule has 0 aromatic heterocycles. The first-order valence-electron chi connectivity index (χ1n) is 9.06. The van der Waals surface area contributed by atoms with E-state index in [2.05, 4.69) is 39.8 Å². The number of rotatable bonds is 4. The van der Waals surface area contributed by atoms with Crippen molar-refractivity contribution in [2.24, 2.45) is 5.92 Å². The summed E-state index contributed by atoms with van der Waals surface area (Å²) in [7, 11) is 0. The van der Waals surface area contributed by atoms with Gasteiger partial charge in [0.25, 0.3) is 0 Å². The van der Waals surface area contributed by atoms with E-state index in [-0.39, 0.29) is 30.7 Å². The van der Waals surface area contributed by atoms with E-state index in [0.29, 0.717) is 6.04 Å². The second-order valence-corrected chi connectivity index (χ2v) is 6.93. The van der Waals surface area contributed by atoms with Crippen molar-refractivity contribution in [2.75, 3.05) is 31.5 Å². The van der Waals surface area contributed by atoms with Crippen LogP contribution in [0.25, 0.3) is 0 Å². The Hall–Kier alpha value is -0.810. The van der Waals surface area contributed by atoms with Crippen LogP contribution in [0, 0.1) is 5.92 Å². The standard InChI is InChI=1S/C19H29N3O.2ClH/c1-15(23)21-18-9-7-17(8-10-18)19(16-5-3-2-4-6-16)22-13-11-20-12-14-22;;/h7-10,16,19-20H,2-6,11-14H2,1H3,(H,21,23);2*1H/t19-;;/m1../s1. The molecule has 1 aromatic rings. The fraction of sp³-hybridized carbons (Fsp3) is 0.632. The number of amides is 1. The molecule has 1 aliphatic carbocycles. The molecule has 142 valence electrons. The quantitative estimate of drug-likeness (QED) is 0.819. The van der Waals surface area contributed by atoms with Crippen molar-refractivity contribution in [3.05, 3.63) is 29.8 Å². The van der Waals surface area contributed by atoms with E-state index in [1.165, 1.54) is 37.7 Å². The third-order valence-electron chi connectivity index (χ3n) is 5.21. The van der Waals surface area contributed by atoms with Crippen LogP contribution in [0.1, 0.15) is 50.6 Å². The second-order valence-electron chi connectivity index (χ2n) is 6.93. The van der Waals surface area contributed by atoms with E-state index in [4.69, 9.17) is 0 Å². The van der Waals surface area contributed by atoms with Gasteiger partial charge in [0.15, 0.2) is 0 Å². The molecule has 0 spiro atoms. The highest BCUT2D eigenvalue weighted by molar-refractivity contribution is 5.88. The Balaban J connectivity index is 0.00000156. The zero-order chi connectivity index (χ0) is 16.1. The molecule has 1 aromatic carbocycles. The van der Waals surface area contributed by atoms with Crippen LogP contribution in [0.2, 0.25) is 0 Å². The predicted molar refractivity (Wildman–Crippen MR) is 109 cm³/mol. The van der Waals surface area contributed by atoms with Crippen molar-refractivity contribution < 1.29 is 4.79 Å². The van der Waals surface area contributed by atoms with Gasteiger partial charge in [-0.15, -0.1) is 24.8 Å². The van der Waals surface area contributed by atoms with Crippen molar-refractivity contribution in [1.29, 1.82) is 0 Å². The van der Waals surface area contributed by atoms with Crippen molar-refractivity contribution in [2.45, 2.75) is 45.1 Å². The molecule has 1 heterocycles. The SMILES string of the molecule is CC(=O)Nc1ccc([C@@H](C2CCCCC2)N2CCNCC2)cc1.Cl.Cl. The minimum atomic E-state index is -0.0105. The van der Waals surface area contributed by atoms with Gasteiger partial charge in [0.05, 0.1) is 0 Å². The first kappa shape index (κ1) is 22.2. The average Bonchev–Trinajstić information content (AvgIpc) is 2.58. The van der Waals surface area contributed by atoms with E-state index in [0.717, 1.165) is 37.8 Å². The number of hydrogen-bond donors (Lipinski definition) is 2. The number of anilines is 1. The minimum absolute atomic E-state index is 0. The van der Waals surface area contributed by atoms with Crippen LogP contribution in [0.4, 0.5) is 5.69 Å². The minimum Gasteiger partial charge on any atom is -0.326 e. The third kappa shape index (κ3) is 6.14. The molecular weight excluding hydrogens is 357 g/mol. The molecule has 6 heteroatoms. The molecule has 1 saturated heterocycles. The molecule has 0 radical (unpaired) electrons. The lowest BCUT2D eigenvalue weighted by atomic mass is 9.80. The monoisotopic (exact) mass is 387 g/mol. The molecule has 1 atom stereocenters. The average molecular weight is 388 g/mol. The fourth-order valence-electron chi connectivity index (χ4n) is 4.16. The number of halogens is 2. The van der Waals surface area contributed by atoms with Crippen LogP contribution in [0.3, 0.4) is 0 Å². The molecule has 4 nitrogen and oxygen atoms in total. The van der Waals surface area contributed by atoms with Gasteiger partial charge in [0, 0.05) is 44.8 Å². The normalized spacial score (nSPS) is 20.0. The summed E-state index contributed by atoms with van der Waals surface area (Å²) in [6, 6.07) is 9.06. The zero-order valence-electron chi connectivity index (χ0n) is 15.0. The van der Waals surface area contributed by atoms with Gasteiger partial charge in [-0.3, -0.25) is 9.69 Å². The maximum absolute atomic E-state index is 11.2. The van der Waals surface area contributed by atoms with Gasteiger partial charge in [0.2, 0.25) is 5.91 Å². The predicted octanol–water partition coefficient (Wildman–Crippen LogP) is 4.02. The number of benzene rings is 1. The largest absolute Gasteiger partial charge is 0.326 e. The van der Waals surface area contributed by atoms with E-state index in [1.807, 2.05) is 0 Å². The molecule has 2 aliphatic rings. The summed E-state index contributed by atoms with van der Waals surface area (Å²) in [4.78, 5) is 13.9. The molecular formula is C19H31Cl2N3O. The molecule has 25 heavy (non-hydrogen) atoms. The van der Waals surface area contributed by atoms with Crippen LogP contribution in [-0.4, -0.2) is 37.0 Å².